The number of aliphatic hydroxyl groups is 2. The lowest BCUT2D eigenvalue weighted by Crippen LogP contribution is -2.63. The summed E-state index contributed by atoms with van der Waals surface area (Å²) in [5.41, 5.74) is 0.845. The van der Waals surface area contributed by atoms with Gasteiger partial charge in [-0.15, -0.1) is 0 Å². The van der Waals surface area contributed by atoms with Gasteiger partial charge in [0.1, 0.15) is 12.7 Å². The molecule has 1 aliphatic carbocycles. The van der Waals surface area contributed by atoms with Crippen molar-refractivity contribution in [3.8, 4) is 0 Å². The highest BCUT2D eigenvalue weighted by molar-refractivity contribution is 6.67. The van der Waals surface area contributed by atoms with Gasteiger partial charge in [0.05, 0.1) is 31.3 Å². The molecule has 1 aliphatic rings. The van der Waals surface area contributed by atoms with Gasteiger partial charge in [0.2, 0.25) is 9.70 Å². The third kappa shape index (κ3) is 10.3. The van der Waals surface area contributed by atoms with E-state index in [2.05, 4.69) is 5.32 Å². The number of benzene rings is 1. The predicted molar refractivity (Wildman–Crippen MR) is 131 cm³/mol. The maximum Gasteiger partial charge on any atom is 0.508 e. The monoisotopic (exact) mass is 569 g/mol. The lowest BCUT2D eigenvalue weighted by Gasteiger charge is -2.43. The third-order valence-electron chi connectivity index (χ3n) is 5.40. The highest BCUT2D eigenvalue weighted by Gasteiger charge is 2.48. The number of aliphatic hydroxyl groups excluding tert-OH is 2. The van der Waals surface area contributed by atoms with E-state index in [4.69, 9.17) is 53.8 Å². The summed E-state index contributed by atoms with van der Waals surface area (Å²) in [6, 6.07) is 8.17. The van der Waals surface area contributed by atoms with Crippen LogP contribution in [0, 0.1) is 5.92 Å². The minimum absolute atomic E-state index is 0.151. The second-order valence-electron chi connectivity index (χ2n) is 8.46. The summed E-state index contributed by atoms with van der Waals surface area (Å²) >= 11 is 16.8. The molecule has 0 aromatic heterocycles. The smallest absolute Gasteiger partial charge is 0.462 e. The molecule has 10 nitrogen and oxygen atoms in total. The molecule has 1 aromatic carbocycles. The number of esters is 1. The Morgan fingerprint density at radius 1 is 1.19 bits per heavy atom. The van der Waals surface area contributed by atoms with Crippen LogP contribution in [0.5, 0.6) is 0 Å². The molecule has 1 aromatic rings. The summed E-state index contributed by atoms with van der Waals surface area (Å²) in [5.74, 6) is -1.82. The van der Waals surface area contributed by atoms with Crippen LogP contribution in [0.3, 0.4) is 0 Å². The number of hydrogen-bond donors (Lipinski definition) is 3. The first-order valence-electron chi connectivity index (χ1n) is 11.2. The van der Waals surface area contributed by atoms with Crippen molar-refractivity contribution in [3.63, 3.8) is 0 Å². The first-order valence-corrected chi connectivity index (χ1v) is 12.3. The van der Waals surface area contributed by atoms with E-state index >= 15 is 0 Å². The molecule has 0 spiro atoms. The zero-order valence-electron chi connectivity index (χ0n) is 19.8. The molecule has 4 unspecified atom stereocenters. The van der Waals surface area contributed by atoms with Gasteiger partial charge in [-0.1, -0.05) is 65.1 Å². The fraction of sp³-hybridized carbons (Fsp3) is 0.609. The minimum Gasteiger partial charge on any atom is -0.462 e. The average Bonchev–Trinajstić information content (AvgIpc) is 2.79. The minimum atomic E-state index is -1.89. The Morgan fingerprint density at radius 3 is 2.44 bits per heavy atom. The van der Waals surface area contributed by atoms with Crippen molar-refractivity contribution in [3.05, 3.63) is 35.9 Å². The second kappa shape index (κ2) is 14.2. The van der Waals surface area contributed by atoms with Gasteiger partial charge in [0, 0.05) is 19.4 Å². The van der Waals surface area contributed by atoms with Crippen molar-refractivity contribution < 1.29 is 43.5 Å². The standard InChI is InChI=1S/C23H30Cl3NO9/c1-13(35-14(2)29)8-18(30)27-19-17(33-11-15-6-4-3-5-7-15)9-16(10-28)20(31)21(19)36-22(32)34-12-23(24,25)26/h3-7,13,16-17,19-21,28,31H,8-12H2,1-2H3,(H,27,30)/t13?,16?,17-,19?,20-,21?/m1/s1. The maximum absolute atomic E-state index is 12.8. The summed E-state index contributed by atoms with van der Waals surface area (Å²) in [6.45, 7) is 1.87. The van der Waals surface area contributed by atoms with Gasteiger partial charge in [0.25, 0.3) is 0 Å². The van der Waals surface area contributed by atoms with Gasteiger partial charge in [-0.25, -0.2) is 4.79 Å². The first kappa shape index (κ1) is 30.4. The van der Waals surface area contributed by atoms with Crippen molar-refractivity contribution in [2.75, 3.05) is 13.2 Å². The Balaban J connectivity index is 2.23. The Hall–Kier alpha value is -1.82. The van der Waals surface area contributed by atoms with E-state index in [9.17, 15) is 24.6 Å². The normalized spacial score (nSPS) is 24.9. The lowest BCUT2D eigenvalue weighted by atomic mass is 9.79. The summed E-state index contributed by atoms with van der Waals surface area (Å²) in [4.78, 5) is 36.3. The fourth-order valence-electron chi connectivity index (χ4n) is 3.84. The molecule has 0 radical (unpaired) electrons. The third-order valence-corrected chi connectivity index (χ3v) is 5.73. The van der Waals surface area contributed by atoms with Crippen LogP contribution < -0.4 is 5.32 Å². The Labute approximate surface area is 224 Å². The Bertz CT molecular complexity index is 868. The van der Waals surface area contributed by atoms with Gasteiger partial charge >= 0.3 is 12.1 Å². The average molecular weight is 571 g/mol. The fourth-order valence-corrected chi connectivity index (χ4v) is 4.01. The summed E-state index contributed by atoms with van der Waals surface area (Å²) in [5, 5.41) is 23.4. The number of carbonyl (C=O) groups excluding carboxylic acids is 3. The molecule has 0 bridgehead atoms. The van der Waals surface area contributed by atoms with Crippen molar-refractivity contribution in [1.29, 1.82) is 0 Å². The van der Waals surface area contributed by atoms with Crippen molar-refractivity contribution in [2.24, 2.45) is 5.92 Å². The molecule has 13 heteroatoms. The van der Waals surface area contributed by atoms with Gasteiger partial charge in [0.15, 0.2) is 6.10 Å². The molecule has 3 N–H and O–H groups in total. The van der Waals surface area contributed by atoms with E-state index in [1.807, 2.05) is 30.3 Å². The lowest BCUT2D eigenvalue weighted by molar-refractivity contribution is -0.154. The van der Waals surface area contributed by atoms with Crippen LogP contribution in [0.2, 0.25) is 0 Å². The van der Waals surface area contributed by atoms with Crippen LogP contribution in [0.1, 0.15) is 32.3 Å². The SMILES string of the molecule is CC(=O)OC(C)CC(=O)NC1C(OC(=O)OCC(Cl)(Cl)Cl)[C@H](O)C(CO)C[C@H]1OCc1ccccc1. The van der Waals surface area contributed by atoms with E-state index in [1.54, 1.807) is 6.92 Å². The van der Waals surface area contributed by atoms with Crippen molar-refractivity contribution >= 4 is 52.8 Å². The second-order valence-corrected chi connectivity index (χ2v) is 11.0. The molecule has 1 fully saturated rings. The van der Waals surface area contributed by atoms with Gasteiger partial charge < -0.3 is 34.5 Å². The first-order chi connectivity index (χ1) is 16.9. The number of hydrogen-bond acceptors (Lipinski definition) is 9. The van der Waals surface area contributed by atoms with Crippen LogP contribution in [0.4, 0.5) is 4.79 Å². The number of halogens is 3. The van der Waals surface area contributed by atoms with Crippen LogP contribution in [-0.4, -0.2) is 75.7 Å². The topological polar surface area (TPSA) is 141 Å². The summed E-state index contributed by atoms with van der Waals surface area (Å²) in [6.07, 6.45) is -5.53. The summed E-state index contributed by atoms with van der Waals surface area (Å²) in [7, 11) is 0. The van der Waals surface area contributed by atoms with Crippen LogP contribution in [0.15, 0.2) is 30.3 Å². The van der Waals surface area contributed by atoms with Crippen molar-refractivity contribution in [2.45, 2.75) is 67.5 Å². The number of amides is 1. The molecular weight excluding hydrogens is 541 g/mol. The molecule has 1 amide bonds. The number of alkyl halides is 3. The van der Waals surface area contributed by atoms with Crippen LogP contribution in [0.25, 0.3) is 0 Å². The molecule has 1 saturated carbocycles. The Kier molecular flexibility index (Phi) is 12.0. The zero-order chi connectivity index (χ0) is 26.9. The molecule has 202 valence electrons. The van der Waals surface area contributed by atoms with Crippen LogP contribution >= 0.6 is 34.8 Å². The highest BCUT2D eigenvalue weighted by atomic mass is 35.6. The van der Waals surface area contributed by atoms with E-state index in [1.165, 1.54) is 6.92 Å². The van der Waals surface area contributed by atoms with Gasteiger partial charge in [-0.05, 0) is 18.9 Å². The van der Waals surface area contributed by atoms with Crippen molar-refractivity contribution in [1.82, 2.24) is 5.32 Å². The van der Waals surface area contributed by atoms with Gasteiger partial charge in [-0.2, -0.15) is 0 Å². The molecule has 0 aliphatic heterocycles. The number of rotatable bonds is 10. The molecule has 6 atom stereocenters. The van der Waals surface area contributed by atoms with E-state index < -0.39 is 71.4 Å². The predicted octanol–water partition coefficient (Wildman–Crippen LogP) is 2.66. The molecule has 2 rings (SSSR count). The molecule has 0 heterocycles. The van der Waals surface area contributed by atoms with E-state index in [0.717, 1.165) is 5.56 Å². The maximum atomic E-state index is 12.8. The largest absolute Gasteiger partial charge is 0.508 e. The molecular formula is C23H30Cl3NO9. The number of carbonyl (C=O) groups is 3. The van der Waals surface area contributed by atoms with Gasteiger partial charge in [-0.3, -0.25) is 9.59 Å². The van der Waals surface area contributed by atoms with Crippen LogP contribution in [-0.2, 0) is 35.1 Å². The molecule has 36 heavy (non-hydrogen) atoms. The molecule has 0 saturated heterocycles. The van der Waals surface area contributed by atoms with E-state index in [-0.39, 0.29) is 19.4 Å². The Morgan fingerprint density at radius 2 is 1.86 bits per heavy atom. The highest BCUT2D eigenvalue weighted by Crippen LogP contribution is 2.31. The quantitative estimate of drug-likeness (QED) is 0.286. The number of nitrogens with one attached hydrogen (secondary N) is 1. The van der Waals surface area contributed by atoms with E-state index in [0.29, 0.717) is 0 Å². The number of ether oxygens (including phenoxy) is 4. The zero-order valence-corrected chi connectivity index (χ0v) is 22.0. The summed E-state index contributed by atoms with van der Waals surface area (Å²) < 4.78 is 19.3.